The minimum atomic E-state index is -1.04. The van der Waals surface area contributed by atoms with E-state index >= 15 is 0 Å². The normalized spacial score (nSPS) is 18.3. The number of aliphatic carboxylic acids is 1. The van der Waals surface area contributed by atoms with Gasteiger partial charge in [0.1, 0.15) is 0 Å². The van der Waals surface area contributed by atoms with Gasteiger partial charge in [-0.25, -0.2) is 4.39 Å². The van der Waals surface area contributed by atoms with Crippen LogP contribution in [-0.4, -0.2) is 16.1 Å². The van der Waals surface area contributed by atoms with Crippen LogP contribution in [0, 0.1) is 5.82 Å². The number of aromatic nitrogens is 1. The summed E-state index contributed by atoms with van der Waals surface area (Å²) in [4.78, 5) is 14.4. The van der Waals surface area contributed by atoms with Crippen LogP contribution < -0.4 is 0 Å². The van der Waals surface area contributed by atoms with Gasteiger partial charge in [0.2, 0.25) is 0 Å². The zero-order valence-corrected chi connectivity index (χ0v) is 9.87. The molecule has 4 heteroatoms. The summed E-state index contributed by atoms with van der Waals surface area (Å²) in [5.41, 5.74) is -0.314. The molecule has 1 aliphatic rings. The molecule has 0 unspecified atom stereocenters. The van der Waals surface area contributed by atoms with Gasteiger partial charge in [-0.05, 0) is 18.9 Å². The zero-order valence-electron chi connectivity index (χ0n) is 9.87. The van der Waals surface area contributed by atoms with Crippen LogP contribution in [0.1, 0.15) is 31.2 Å². The molecule has 2 N–H and O–H groups in total. The Morgan fingerprint density at radius 1 is 1.28 bits per heavy atom. The Hall–Kier alpha value is -1.84. The van der Waals surface area contributed by atoms with E-state index in [1.54, 1.807) is 24.4 Å². The SMILES string of the molecule is O=C(O)C1(c2ccc3cc[nH]c3c2F)CCCC1. The van der Waals surface area contributed by atoms with Crippen molar-refractivity contribution in [3.63, 3.8) is 0 Å². The Labute approximate surface area is 104 Å². The van der Waals surface area contributed by atoms with Crippen molar-refractivity contribution in [1.29, 1.82) is 0 Å². The molecule has 1 heterocycles. The van der Waals surface area contributed by atoms with Gasteiger partial charge in [-0.15, -0.1) is 0 Å². The van der Waals surface area contributed by atoms with E-state index in [4.69, 9.17) is 0 Å². The predicted molar refractivity (Wildman–Crippen MR) is 66.0 cm³/mol. The number of aromatic amines is 1. The molecule has 1 saturated carbocycles. The molecule has 18 heavy (non-hydrogen) atoms. The number of hydrogen-bond donors (Lipinski definition) is 2. The van der Waals surface area contributed by atoms with E-state index in [0.29, 0.717) is 23.9 Å². The van der Waals surface area contributed by atoms with Gasteiger partial charge in [0.25, 0.3) is 0 Å². The number of nitrogens with one attached hydrogen (secondary N) is 1. The highest BCUT2D eigenvalue weighted by molar-refractivity contribution is 5.86. The first-order valence-corrected chi connectivity index (χ1v) is 6.15. The van der Waals surface area contributed by atoms with E-state index in [2.05, 4.69) is 4.98 Å². The Balaban J connectivity index is 2.23. The first-order chi connectivity index (χ1) is 8.65. The third kappa shape index (κ3) is 1.38. The molecule has 0 radical (unpaired) electrons. The third-order valence-electron chi connectivity index (χ3n) is 4.05. The summed E-state index contributed by atoms with van der Waals surface area (Å²) in [6.45, 7) is 0. The molecule has 0 atom stereocenters. The Bertz CT molecular complexity index is 611. The number of carboxylic acid groups (broad SMARTS) is 1. The minimum absolute atomic E-state index is 0.322. The lowest BCUT2D eigenvalue weighted by Crippen LogP contribution is -2.33. The van der Waals surface area contributed by atoms with Gasteiger partial charge in [-0.2, -0.15) is 0 Å². The number of rotatable bonds is 2. The van der Waals surface area contributed by atoms with Crippen molar-refractivity contribution >= 4 is 16.9 Å². The van der Waals surface area contributed by atoms with Crippen molar-refractivity contribution < 1.29 is 14.3 Å². The van der Waals surface area contributed by atoms with Gasteiger partial charge >= 0.3 is 5.97 Å². The third-order valence-corrected chi connectivity index (χ3v) is 4.05. The number of fused-ring (bicyclic) bond motifs is 1. The fourth-order valence-corrected chi connectivity index (χ4v) is 3.04. The number of hydrogen-bond acceptors (Lipinski definition) is 1. The summed E-state index contributed by atoms with van der Waals surface area (Å²) in [6, 6.07) is 5.20. The van der Waals surface area contributed by atoms with Crippen LogP contribution in [0.5, 0.6) is 0 Å². The van der Waals surface area contributed by atoms with E-state index in [-0.39, 0.29) is 0 Å². The number of H-pyrrole nitrogens is 1. The minimum Gasteiger partial charge on any atom is -0.481 e. The van der Waals surface area contributed by atoms with Crippen LogP contribution in [0.4, 0.5) is 4.39 Å². The second-order valence-corrected chi connectivity index (χ2v) is 4.96. The van der Waals surface area contributed by atoms with Gasteiger partial charge in [0.05, 0.1) is 10.9 Å². The van der Waals surface area contributed by atoms with Crippen molar-refractivity contribution in [2.45, 2.75) is 31.1 Å². The number of benzene rings is 1. The number of carbonyl (C=O) groups is 1. The monoisotopic (exact) mass is 247 g/mol. The number of carboxylic acids is 1. The fourth-order valence-electron chi connectivity index (χ4n) is 3.04. The predicted octanol–water partition coefficient (Wildman–Crippen LogP) is 3.20. The Morgan fingerprint density at radius 2 is 2.00 bits per heavy atom. The molecule has 0 amide bonds. The molecule has 94 valence electrons. The van der Waals surface area contributed by atoms with E-state index in [9.17, 15) is 14.3 Å². The topological polar surface area (TPSA) is 53.1 Å². The van der Waals surface area contributed by atoms with Gasteiger partial charge in [-0.3, -0.25) is 4.79 Å². The molecule has 1 aliphatic carbocycles. The molecule has 0 bridgehead atoms. The zero-order chi connectivity index (χ0) is 12.8. The average molecular weight is 247 g/mol. The van der Waals surface area contributed by atoms with Gasteiger partial charge in [0, 0.05) is 17.1 Å². The average Bonchev–Trinajstić information content (AvgIpc) is 2.98. The van der Waals surface area contributed by atoms with E-state index < -0.39 is 17.2 Å². The summed E-state index contributed by atoms with van der Waals surface area (Å²) in [7, 11) is 0. The van der Waals surface area contributed by atoms with Crippen molar-refractivity contribution in [1.82, 2.24) is 4.98 Å². The Morgan fingerprint density at radius 3 is 2.67 bits per heavy atom. The molecule has 3 nitrogen and oxygen atoms in total. The Kier molecular flexibility index (Phi) is 2.40. The standard InChI is InChI=1S/C14H14FNO2/c15-11-10(4-3-9-5-8-16-12(9)11)14(13(17)18)6-1-2-7-14/h3-5,8,16H,1-2,6-7H2,(H,17,18). The van der Waals surface area contributed by atoms with E-state index in [1.165, 1.54) is 0 Å². The summed E-state index contributed by atoms with van der Waals surface area (Å²) >= 11 is 0. The van der Waals surface area contributed by atoms with Crippen LogP contribution >= 0.6 is 0 Å². The number of halogens is 1. The summed E-state index contributed by atoms with van der Waals surface area (Å²) in [5.74, 6) is -1.33. The molecule has 1 aromatic heterocycles. The van der Waals surface area contributed by atoms with Crippen LogP contribution in [0.2, 0.25) is 0 Å². The van der Waals surface area contributed by atoms with Crippen LogP contribution in [-0.2, 0) is 10.2 Å². The van der Waals surface area contributed by atoms with Gasteiger partial charge in [-0.1, -0.05) is 25.0 Å². The van der Waals surface area contributed by atoms with E-state index in [1.807, 2.05) is 0 Å². The lowest BCUT2D eigenvalue weighted by Gasteiger charge is -2.25. The molecule has 1 aromatic carbocycles. The first kappa shape index (κ1) is 11.3. The molecule has 1 fully saturated rings. The molecular formula is C14H14FNO2. The van der Waals surface area contributed by atoms with Gasteiger partial charge < -0.3 is 10.1 Å². The maximum absolute atomic E-state index is 14.5. The van der Waals surface area contributed by atoms with Crippen LogP contribution in [0.15, 0.2) is 24.4 Å². The summed E-state index contributed by atoms with van der Waals surface area (Å²) in [6.07, 6.45) is 4.39. The molecule has 0 saturated heterocycles. The molecule has 0 spiro atoms. The highest BCUT2D eigenvalue weighted by Gasteiger charge is 2.44. The molecule has 0 aliphatic heterocycles. The maximum atomic E-state index is 14.5. The van der Waals surface area contributed by atoms with Crippen molar-refractivity contribution in [3.8, 4) is 0 Å². The smallest absolute Gasteiger partial charge is 0.314 e. The highest BCUT2D eigenvalue weighted by atomic mass is 19.1. The largest absolute Gasteiger partial charge is 0.481 e. The summed E-state index contributed by atoms with van der Waals surface area (Å²) in [5, 5.41) is 10.3. The van der Waals surface area contributed by atoms with Crippen molar-refractivity contribution in [2.24, 2.45) is 0 Å². The van der Waals surface area contributed by atoms with Gasteiger partial charge in [0.15, 0.2) is 5.82 Å². The van der Waals surface area contributed by atoms with Crippen LogP contribution in [0.25, 0.3) is 10.9 Å². The summed E-state index contributed by atoms with van der Waals surface area (Å²) < 4.78 is 14.5. The molecular weight excluding hydrogens is 233 g/mol. The maximum Gasteiger partial charge on any atom is 0.314 e. The lowest BCUT2D eigenvalue weighted by atomic mass is 9.78. The fraction of sp³-hybridized carbons (Fsp3) is 0.357. The first-order valence-electron chi connectivity index (χ1n) is 6.15. The van der Waals surface area contributed by atoms with E-state index in [0.717, 1.165) is 18.2 Å². The van der Waals surface area contributed by atoms with Crippen LogP contribution in [0.3, 0.4) is 0 Å². The highest BCUT2D eigenvalue weighted by Crippen LogP contribution is 2.43. The van der Waals surface area contributed by atoms with Crippen molar-refractivity contribution in [2.75, 3.05) is 0 Å². The van der Waals surface area contributed by atoms with Crippen molar-refractivity contribution in [3.05, 3.63) is 35.8 Å². The lowest BCUT2D eigenvalue weighted by molar-refractivity contribution is -0.143. The second kappa shape index (κ2) is 3.83. The second-order valence-electron chi connectivity index (χ2n) is 4.96. The quantitative estimate of drug-likeness (QED) is 0.856. The molecule has 2 aromatic rings. The molecule has 3 rings (SSSR count).